The van der Waals surface area contributed by atoms with Gasteiger partial charge in [-0.25, -0.2) is 9.18 Å². The molecule has 0 amide bonds. The smallest absolute Gasteiger partial charge is 0.352 e. The van der Waals surface area contributed by atoms with Gasteiger partial charge in [-0.3, -0.25) is 4.98 Å². The summed E-state index contributed by atoms with van der Waals surface area (Å²) in [4.78, 5) is 14.5. The molecule has 2 heterocycles. The highest BCUT2D eigenvalue weighted by molar-refractivity contribution is 5.86. The molecule has 0 radical (unpaired) electrons. The van der Waals surface area contributed by atoms with Gasteiger partial charge in [0.05, 0.1) is 18.1 Å². The number of hydrogen-bond donors (Lipinski definition) is 1. The zero-order valence-corrected chi connectivity index (χ0v) is 7.59. The van der Waals surface area contributed by atoms with Gasteiger partial charge in [0.1, 0.15) is 11.5 Å². The van der Waals surface area contributed by atoms with Crippen molar-refractivity contribution in [1.82, 2.24) is 9.55 Å². The Morgan fingerprint density at radius 1 is 1.47 bits per heavy atom. The average molecular weight is 206 g/mol. The van der Waals surface area contributed by atoms with Gasteiger partial charge in [0.2, 0.25) is 0 Å². The number of halogens is 1. The minimum Gasteiger partial charge on any atom is -0.477 e. The number of nitrogens with zero attached hydrogens (tertiary/aromatic N) is 2. The number of carboxylic acid groups (broad SMARTS) is 1. The van der Waals surface area contributed by atoms with Crippen LogP contribution < -0.4 is 0 Å². The fraction of sp³-hybridized carbons (Fsp3) is 0. The van der Waals surface area contributed by atoms with Gasteiger partial charge >= 0.3 is 5.97 Å². The van der Waals surface area contributed by atoms with E-state index in [9.17, 15) is 9.18 Å². The summed E-state index contributed by atoms with van der Waals surface area (Å²) in [5, 5.41) is 8.85. The van der Waals surface area contributed by atoms with Crippen LogP contribution in [-0.2, 0) is 0 Å². The predicted molar refractivity (Wildman–Crippen MR) is 50.5 cm³/mol. The Kier molecular flexibility index (Phi) is 2.21. The van der Waals surface area contributed by atoms with E-state index in [1.54, 1.807) is 12.3 Å². The highest BCUT2D eigenvalue weighted by atomic mass is 19.1. The van der Waals surface area contributed by atoms with Crippen molar-refractivity contribution in [3.05, 3.63) is 48.3 Å². The van der Waals surface area contributed by atoms with E-state index in [-0.39, 0.29) is 5.69 Å². The molecule has 0 bridgehead atoms. The lowest BCUT2D eigenvalue weighted by Gasteiger charge is -2.04. The first-order chi connectivity index (χ1) is 7.18. The Hall–Kier alpha value is -2.17. The van der Waals surface area contributed by atoms with Crippen LogP contribution in [0.5, 0.6) is 0 Å². The molecule has 0 aliphatic rings. The monoisotopic (exact) mass is 206 g/mol. The molecule has 76 valence electrons. The molecule has 4 nitrogen and oxygen atoms in total. The Morgan fingerprint density at radius 3 is 2.93 bits per heavy atom. The molecule has 2 rings (SSSR count). The fourth-order valence-electron chi connectivity index (χ4n) is 1.31. The molecule has 2 aromatic rings. The van der Waals surface area contributed by atoms with Gasteiger partial charge in [-0.05, 0) is 12.1 Å². The van der Waals surface area contributed by atoms with E-state index < -0.39 is 11.8 Å². The molecule has 0 unspecified atom stereocenters. The van der Waals surface area contributed by atoms with Crippen LogP contribution >= 0.6 is 0 Å². The molecule has 0 fully saturated rings. The molecular weight excluding hydrogens is 199 g/mol. The molecule has 1 N–H and O–H groups in total. The van der Waals surface area contributed by atoms with E-state index in [0.29, 0.717) is 5.69 Å². The van der Waals surface area contributed by atoms with Gasteiger partial charge in [0.25, 0.3) is 0 Å². The van der Waals surface area contributed by atoms with E-state index in [0.717, 1.165) is 6.20 Å². The lowest BCUT2D eigenvalue weighted by Crippen LogP contribution is -2.06. The van der Waals surface area contributed by atoms with Gasteiger partial charge < -0.3 is 9.67 Å². The van der Waals surface area contributed by atoms with Crippen molar-refractivity contribution in [2.24, 2.45) is 0 Å². The maximum atomic E-state index is 12.9. The third-order valence-electron chi connectivity index (χ3n) is 1.94. The summed E-state index contributed by atoms with van der Waals surface area (Å²) in [5.41, 5.74) is 0.458. The summed E-state index contributed by atoms with van der Waals surface area (Å²) in [7, 11) is 0. The SMILES string of the molecule is O=C(O)c1cccn1-c1cncc(F)c1. The largest absolute Gasteiger partial charge is 0.477 e. The highest BCUT2D eigenvalue weighted by Crippen LogP contribution is 2.12. The second kappa shape index (κ2) is 3.53. The van der Waals surface area contributed by atoms with Crippen LogP contribution in [0.25, 0.3) is 5.69 Å². The predicted octanol–water partition coefficient (Wildman–Crippen LogP) is 1.71. The maximum Gasteiger partial charge on any atom is 0.352 e. The number of carbonyl (C=O) groups is 1. The van der Waals surface area contributed by atoms with E-state index in [1.807, 2.05) is 0 Å². The number of rotatable bonds is 2. The number of carboxylic acids is 1. The second-order valence-corrected chi connectivity index (χ2v) is 2.93. The van der Waals surface area contributed by atoms with Crippen molar-refractivity contribution in [1.29, 1.82) is 0 Å². The van der Waals surface area contributed by atoms with Crippen molar-refractivity contribution >= 4 is 5.97 Å². The van der Waals surface area contributed by atoms with Gasteiger partial charge in [-0.2, -0.15) is 0 Å². The summed E-state index contributed by atoms with van der Waals surface area (Å²) < 4.78 is 14.2. The van der Waals surface area contributed by atoms with Crippen molar-refractivity contribution < 1.29 is 14.3 Å². The zero-order valence-electron chi connectivity index (χ0n) is 7.59. The van der Waals surface area contributed by atoms with E-state index >= 15 is 0 Å². The van der Waals surface area contributed by atoms with Crippen LogP contribution in [0.2, 0.25) is 0 Å². The molecule has 5 heteroatoms. The summed E-state index contributed by atoms with van der Waals surface area (Å²) >= 11 is 0. The summed E-state index contributed by atoms with van der Waals surface area (Å²) in [6.07, 6.45) is 4.00. The number of aromatic carboxylic acids is 1. The van der Waals surface area contributed by atoms with Gasteiger partial charge in [-0.1, -0.05) is 0 Å². The van der Waals surface area contributed by atoms with Crippen LogP contribution in [0.4, 0.5) is 4.39 Å². The molecule has 0 atom stereocenters. The van der Waals surface area contributed by atoms with Gasteiger partial charge in [0, 0.05) is 12.3 Å². The topological polar surface area (TPSA) is 55.1 Å². The molecule has 0 aromatic carbocycles. The number of pyridine rings is 1. The normalized spacial score (nSPS) is 10.2. The minimum absolute atomic E-state index is 0.0717. The molecule has 2 aromatic heterocycles. The Bertz CT molecular complexity index is 508. The lowest BCUT2D eigenvalue weighted by molar-refractivity contribution is 0.0688. The van der Waals surface area contributed by atoms with E-state index in [2.05, 4.69) is 4.98 Å². The lowest BCUT2D eigenvalue weighted by atomic mass is 10.3. The van der Waals surface area contributed by atoms with E-state index in [1.165, 1.54) is 22.9 Å². The Balaban J connectivity index is 2.54. The first-order valence-electron chi connectivity index (χ1n) is 4.20. The Labute approximate surface area is 84.6 Å². The Morgan fingerprint density at radius 2 is 2.27 bits per heavy atom. The van der Waals surface area contributed by atoms with Gasteiger partial charge in [0.15, 0.2) is 0 Å². The third-order valence-corrected chi connectivity index (χ3v) is 1.94. The standard InChI is InChI=1S/C10H7FN2O2/c11-7-4-8(6-12-5-7)13-3-1-2-9(13)10(14)15/h1-6H,(H,14,15). The molecule has 0 saturated heterocycles. The molecule has 0 aliphatic heterocycles. The van der Waals surface area contributed by atoms with Crippen molar-refractivity contribution in [2.45, 2.75) is 0 Å². The van der Waals surface area contributed by atoms with Crippen molar-refractivity contribution in [3.8, 4) is 5.69 Å². The van der Waals surface area contributed by atoms with Crippen LogP contribution in [-0.4, -0.2) is 20.6 Å². The van der Waals surface area contributed by atoms with Crippen LogP contribution in [0.15, 0.2) is 36.8 Å². The van der Waals surface area contributed by atoms with Crippen molar-refractivity contribution in [2.75, 3.05) is 0 Å². The third kappa shape index (κ3) is 1.71. The van der Waals surface area contributed by atoms with Crippen LogP contribution in [0, 0.1) is 5.82 Å². The number of aromatic nitrogens is 2. The molecule has 0 aliphatic carbocycles. The first kappa shape index (κ1) is 9.39. The highest BCUT2D eigenvalue weighted by Gasteiger charge is 2.10. The molecule has 0 spiro atoms. The quantitative estimate of drug-likeness (QED) is 0.813. The summed E-state index contributed by atoms with van der Waals surface area (Å²) in [5.74, 6) is -1.57. The molecule has 0 saturated carbocycles. The van der Waals surface area contributed by atoms with Gasteiger partial charge in [-0.15, -0.1) is 0 Å². The van der Waals surface area contributed by atoms with Crippen LogP contribution in [0.1, 0.15) is 10.5 Å². The zero-order chi connectivity index (χ0) is 10.8. The first-order valence-corrected chi connectivity index (χ1v) is 4.20. The average Bonchev–Trinajstić information content (AvgIpc) is 2.65. The second-order valence-electron chi connectivity index (χ2n) is 2.93. The molecular formula is C10H7FN2O2. The number of hydrogen-bond acceptors (Lipinski definition) is 2. The van der Waals surface area contributed by atoms with Crippen molar-refractivity contribution in [3.63, 3.8) is 0 Å². The summed E-state index contributed by atoms with van der Waals surface area (Å²) in [6.45, 7) is 0. The van der Waals surface area contributed by atoms with Crippen LogP contribution in [0.3, 0.4) is 0 Å². The maximum absolute atomic E-state index is 12.9. The molecule has 15 heavy (non-hydrogen) atoms. The minimum atomic E-state index is -1.07. The fourth-order valence-corrected chi connectivity index (χ4v) is 1.31. The van der Waals surface area contributed by atoms with E-state index in [4.69, 9.17) is 5.11 Å². The summed E-state index contributed by atoms with van der Waals surface area (Å²) in [6, 6.07) is 4.24.